The molecule has 0 saturated heterocycles. The number of aromatic nitrogens is 4. The summed E-state index contributed by atoms with van der Waals surface area (Å²) in [6.45, 7) is 0. The third-order valence-electron chi connectivity index (χ3n) is 5.03. The maximum Gasteiger partial charge on any atom is 0.255 e. The molecule has 5 N–H and O–H groups in total. The second-order valence-corrected chi connectivity index (χ2v) is 7.18. The molecule has 0 fully saturated rings. The Bertz CT molecular complexity index is 1440. The topological polar surface area (TPSA) is 125 Å². The number of rotatable bonds is 4. The first kappa shape index (κ1) is 19.3. The molecule has 8 heteroatoms. The highest BCUT2D eigenvalue weighted by atomic mass is 16.1. The summed E-state index contributed by atoms with van der Waals surface area (Å²) in [5.41, 5.74) is 16.6. The molecular formula is C24H19N7O. The van der Waals surface area contributed by atoms with Gasteiger partial charge in [0.05, 0.1) is 5.56 Å². The number of anilines is 3. The predicted octanol–water partition coefficient (Wildman–Crippen LogP) is 3.90. The molecule has 32 heavy (non-hydrogen) atoms. The first-order chi connectivity index (χ1) is 15.6. The Morgan fingerprint density at radius 3 is 2.44 bits per heavy atom. The second kappa shape index (κ2) is 7.84. The fourth-order valence-corrected chi connectivity index (χ4v) is 3.53. The van der Waals surface area contributed by atoms with Crippen LogP contribution in [0.25, 0.3) is 28.2 Å². The van der Waals surface area contributed by atoms with Crippen LogP contribution in [0.4, 0.5) is 17.2 Å². The Balaban J connectivity index is 1.54. The number of carbonyl (C=O) groups is 1. The van der Waals surface area contributed by atoms with Crippen molar-refractivity contribution in [2.75, 3.05) is 16.8 Å². The number of nitrogens with one attached hydrogen (secondary N) is 1. The lowest BCUT2D eigenvalue weighted by Crippen LogP contribution is -2.12. The van der Waals surface area contributed by atoms with Gasteiger partial charge in [-0.3, -0.25) is 9.36 Å². The van der Waals surface area contributed by atoms with Crippen LogP contribution in [-0.2, 0) is 0 Å². The summed E-state index contributed by atoms with van der Waals surface area (Å²) in [6.07, 6.45) is 3.35. The first-order valence-electron chi connectivity index (χ1n) is 9.92. The molecule has 5 rings (SSSR count). The Morgan fingerprint density at radius 1 is 0.875 bits per heavy atom. The minimum Gasteiger partial charge on any atom is -0.399 e. The van der Waals surface area contributed by atoms with E-state index in [-0.39, 0.29) is 5.91 Å². The SMILES string of the molecule is Nc1cccc(NC(=O)c2ccc(-n3c(-c4cccnc4N)nc4cccnc43)cc2)c1. The van der Waals surface area contributed by atoms with Gasteiger partial charge in [0, 0.05) is 35.0 Å². The summed E-state index contributed by atoms with van der Waals surface area (Å²) in [7, 11) is 0. The number of hydrogen-bond acceptors (Lipinski definition) is 6. The monoisotopic (exact) mass is 421 g/mol. The van der Waals surface area contributed by atoms with Crippen molar-refractivity contribution >= 4 is 34.3 Å². The van der Waals surface area contributed by atoms with E-state index in [9.17, 15) is 4.79 Å². The van der Waals surface area contributed by atoms with E-state index in [2.05, 4.69) is 15.3 Å². The lowest BCUT2D eigenvalue weighted by atomic mass is 10.1. The van der Waals surface area contributed by atoms with Crippen molar-refractivity contribution in [2.45, 2.75) is 0 Å². The van der Waals surface area contributed by atoms with Gasteiger partial charge in [0.15, 0.2) is 11.5 Å². The van der Waals surface area contributed by atoms with Gasteiger partial charge < -0.3 is 16.8 Å². The molecule has 0 unspecified atom stereocenters. The average molecular weight is 421 g/mol. The van der Waals surface area contributed by atoms with Gasteiger partial charge in [-0.1, -0.05) is 6.07 Å². The standard InChI is InChI=1S/C24H19N7O/c25-16-4-1-5-17(14-16)29-24(32)15-8-10-18(11-9-15)31-22(19-6-2-12-27-21(19)26)30-20-7-3-13-28-23(20)31/h1-14H,25H2,(H2,26,27)(H,29,32). The quantitative estimate of drug-likeness (QED) is 0.378. The Morgan fingerprint density at radius 2 is 1.66 bits per heavy atom. The number of hydrogen-bond donors (Lipinski definition) is 3. The van der Waals surface area contributed by atoms with Crippen LogP contribution in [0.2, 0.25) is 0 Å². The van der Waals surface area contributed by atoms with Crippen LogP contribution >= 0.6 is 0 Å². The van der Waals surface area contributed by atoms with E-state index in [0.29, 0.717) is 39.8 Å². The van der Waals surface area contributed by atoms with Crippen LogP contribution < -0.4 is 16.8 Å². The molecule has 0 aliphatic carbocycles. The number of pyridine rings is 2. The fourth-order valence-electron chi connectivity index (χ4n) is 3.53. The zero-order valence-corrected chi connectivity index (χ0v) is 16.9. The first-order valence-corrected chi connectivity index (χ1v) is 9.92. The summed E-state index contributed by atoms with van der Waals surface area (Å²) in [5, 5.41) is 2.85. The van der Waals surface area contributed by atoms with E-state index in [0.717, 1.165) is 11.2 Å². The summed E-state index contributed by atoms with van der Waals surface area (Å²) in [6, 6.07) is 21.7. The molecule has 0 saturated carbocycles. The number of nitrogen functional groups attached to an aromatic ring is 2. The molecule has 5 aromatic rings. The molecule has 3 heterocycles. The van der Waals surface area contributed by atoms with Crippen molar-refractivity contribution in [3.05, 3.63) is 90.8 Å². The molecule has 2 aromatic carbocycles. The molecule has 1 amide bonds. The van der Waals surface area contributed by atoms with Crippen molar-refractivity contribution < 1.29 is 4.79 Å². The van der Waals surface area contributed by atoms with Crippen molar-refractivity contribution in [3.8, 4) is 17.1 Å². The molecule has 156 valence electrons. The zero-order chi connectivity index (χ0) is 22.1. The van der Waals surface area contributed by atoms with Crippen molar-refractivity contribution in [3.63, 3.8) is 0 Å². The van der Waals surface area contributed by atoms with Crippen molar-refractivity contribution in [2.24, 2.45) is 0 Å². The number of nitrogens with two attached hydrogens (primary N) is 2. The molecule has 3 aromatic heterocycles. The van der Waals surface area contributed by atoms with E-state index in [1.54, 1.807) is 48.8 Å². The Labute approximate surface area is 183 Å². The van der Waals surface area contributed by atoms with Gasteiger partial charge in [-0.15, -0.1) is 0 Å². The van der Waals surface area contributed by atoms with E-state index >= 15 is 0 Å². The van der Waals surface area contributed by atoms with Gasteiger partial charge in [-0.25, -0.2) is 15.0 Å². The van der Waals surface area contributed by atoms with Crippen LogP contribution in [0.1, 0.15) is 10.4 Å². The van der Waals surface area contributed by atoms with Crippen molar-refractivity contribution in [1.82, 2.24) is 19.5 Å². The second-order valence-electron chi connectivity index (χ2n) is 7.18. The van der Waals surface area contributed by atoms with Crippen LogP contribution in [-0.4, -0.2) is 25.4 Å². The summed E-state index contributed by atoms with van der Waals surface area (Å²) < 4.78 is 1.91. The molecule has 8 nitrogen and oxygen atoms in total. The van der Waals surface area contributed by atoms with Crippen LogP contribution in [0.3, 0.4) is 0 Å². The number of amides is 1. The number of carbonyl (C=O) groups excluding carboxylic acids is 1. The number of fused-ring (bicyclic) bond motifs is 1. The van der Waals surface area contributed by atoms with Crippen LogP contribution in [0.15, 0.2) is 85.2 Å². The highest BCUT2D eigenvalue weighted by Crippen LogP contribution is 2.30. The van der Waals surface area contributed by atoms with E-state index < -0.39 is 0 Å². The normalized spacial score (nSPS) is 10.9. The molecule has 0 aliphatic rings. The Hall–Kier alpha value is -4.72. The highest BCUT2D eigenvalue weighted by molar-refractivity contribution is 6.04. The predicted molar refractivity (Wildman–Crippen MR) is 125 cm³/mol. The maximum absolute atomic E-state index is 12.7. The lowest BCUT2D eigenvalue weighted by Gasteiger charge is -2.11. The summed E-state index contributed by atoms with van der Waals surface area (Å²) in [5.74, 6) is 0.774. The van der Waals surface area contributed by atoms with Gasteiger partial charge in [0.1, 0.15) is 11.3 Å². The molecular weight excluding hydrogens is 402 g/mol. The van der Waals surface area contributed by atoms with Gasteiger partial charge in [-0.05, 0) is 66.7 Å². The number of nitrogens with zero attached hydrogens (tertiary/aromatic N) is 4. The largest absolute Gasteiger partial charge is 0.399 e. The minimum absolute atomic E-state index is 0.229. The fraction of sp³-hybridized carbons (Fsp3) is 0. The summed E-state index contributed by atoms with van der Waals surface area (Å²) in [4.78, 5) is 26.1. The zero-order valence-electron chi connectivity index (χ0n) is 16.9. The lowest BCUT2D eigenvalue weighted by molar-refractivity contribution is 0.102. The van der Waals surface area contributed by atoms with Crippen LogP contribution in [0, 0.1) is 0 Å². The van der Waals surface area contributed by atoms with Gasteiger partial charge in [0.2, 0.25) is 0 Å². The minimum atomic E-state index is -0.229. The third kappa shape index (κ3) is 3.50. The Kier molecular flexibility index (Phi) is 4.72. The maximum atomic E-state index is 12.7. The van der Waals surface area contributed by atoms with E-state index in [1.165, 1.54) is 0 Å². The molecule has 0 bridgehead atoms. The third-order valence-corrected chi connectivity index (χ3v) is 5.03. The summed E-state index contributed by atoms with van der Waals surface area (Å²) >= 11 is 0. The van der Waals surface area contributed by atoms with Gasteiger partial charge in [-0.2, -0.15) is 0 Å². The molecule has 0 spiro atoms. The van der Waals surface area contributed by atoms with E-state index in [1.807, 2.05) is 41.0 Å². The molecule has 0 aliphatic heterocycles. The number of benzene rings is 2. The smallest absolute Gasteiger partial charge is 0.255 e. The van der Waals surface area contributed by atoms with Crippen molar-refractivity contribution in [1.29, 1.82) is 0 Å². The number of imidazole rings is 1. The molecule has 0 atom stereocenters. The highest BCUT2D eigenvalue weighted by Gasteiger charge is 2.18. The average Bonchev–Trinajstić information content (AvgIpc) is 3.19. The van der Waals surface area contributed by atoms with Gasteiger partial charge >= 0.3 is 0 Å². The molecule has 0 radical (unpaired) electrons. The van der Waals surface area contributed by atoms with Crippen LogP contribution in [0.5, 0.6) is 0 Å². The van der Waals surface area contributed by atoms with E-state index in [4.69, 9.17) is 16.5 Å². The van der Waals surface area contributed by atoms with Gasteiger partial charge in [0.25, 0.3) is 5.91 Å².